The Kier molecular flexibility index (Phi) is 3.30. The molecule has 0 unspecified atom stereocenters. The molecule has 0 saturated carbocycles. The average Bonchev–Trinajstić information content (AvgIpc) is 1.82. The van der Waals surface area contributed by atoms with Crippen LogP contribution in [0.1, 0.15) is 34.6 Å². The molecule has 0 aromatic rings. The Hall–Kier alpha value is -0.790. The molecule has 0 aromatic heterocycles. The first-order valence-corrected chi connectivity index (χ1v) is 3.73. The molecular formula is C9H16O2. The van der Waals surface area contributed by atoms with Crippen LogP contribution in [-0.4, -0.2) is 11.6 Å². The Bertz CT molecular complexity index is 172. The third-order valence-corrected chi connectivity index (χ3v) is 1.15. The number of esters is 1. The topological polar surface area (TPSA) is 26.3 Å². The minimum atomic E-state index is -0.388. The first kappa shape index (κ1) is 10.2. The van der Waals surface area contributed by atoms with E-state index in [0.717, 1.165) is 0 Å². The van der Waals surface area contributed by atoms with Crippen LogP contribution in [0.4, 0.5) is 0 Å². The molecule has 0 spiro atoms. The monoisotopic (exact) mass is 156 g/mol. The van der Waals surface area contributed by atoms with Gasteiger partial charge in [0.25, 0.3) is 0 Å². The summed E-state index contributed by atoms with van der Waals surface area (Å²) in [7, 11) is 0. The summed E-state index contributed by atoms with van der Waals surface area (Å²) in [5.41, 5.74) is 0.265. The molecule has 0 heterocycles. The molecule has 0 amide bonds. The van der Waals surface area contributed by atoms with Gasteiger partial charge in [-0.1, -0.05) is 6.08 Å². The lowest BCUT2D eigenvalue weighted by molar-refractivity contribution is -0.149. The molecule has 0 aliphatic rings. The molecule has 0 radical (unpaired) electrons. The summed E-state index contributed by atoms with van der Waals surface area (Å²) in [4.78, 5) is 11.1. The normalized spacial score (nSPS) is 13.0. The highest BCUT2D eigenvalue weighted by molar-refractivity contribution is 5.87. The van der Waals surface area contributed by atoms with Gasteiger partial charge < -0.3 is 4.74 Å². The van der Waals surface area contributed by atoms with Gasteiger partial charge in [0, 0.05) is 5.57 Å². The summed E-state index contributed by atoms with van der Waals surface area (Å²) in [6.07, 6.45) is 1.74. The predicted octanol–water partition coefficient (Wildman–Crippen LogP) is 2.29. The Morgan fingerprint density at radius 3 is 2.09 bits per heavy atom. The number of allylic oxidation sites excluding steroid dienone is 1. The van der Waals surface area contributed by atoms with Gasteiger partial charge in [-0.15, -0.1) is 0 Å². The van der Waals surface area contributed by atoms with Gasteiger partial charge in [-0.05, 0) is 34.6 Å². The highest BCUT2D eigenvalue weighted by atomic mass is 16.6. The Morgan fingerprint density at radius 2 is 1.82 bits per heavy atom. The van der Waals surface area contributed by atoms with Crippen LogP contribution >= 0.6 is 0 Å². The number of ether oxygens (including phenoxy) is 1. The van der Waals surface area contributed by atoms with Crippen molar-refractivity contribution in [2.45, 2.75) is 40.2 Å². The van der Waals surface area contributed by atoms with Gasteiger partial charge in [0.15, 0.2) is 0 Å². The van der Waals surface area contributed by atoms with Crippen molar-refractivity contribution >= 4 is 5.97 Å². The highest BCUT2D eigenvalue weighted by Gasteiger charge is 2.16. The van der Waals surface area contributed by atoms with Crippen LogP contribution < -0.4 is 0 Å². The van der Waals surface area contributed by atoms with Crippen LogP contribution in [0.5, 0.6) is 0 Å². The molecule has 0 aromatic carbocycles. The molecule has 0 aliphatic heterocycles. The van der Waals surface area contributed by atoms with Gasteiger partial charge in [-0.3, -0.25) is 0 Å². The molecule has 2 nitrogen and oxygen atoms in total. The van der Waals surface area contributed by atoms with Crippen molar-refractivity contribution in [2.24, 2.45) is 0 Å². The van der Waals surface area contributed by atoms with E-state index >= 15 is 0 Å². The zero-order valence-corrected chi connectivity index (χ0v) is 7.89. The van der Waals surface area contributed by atoms with Crippen molar-refractivity contribution in [3.8, 4) is 0 Å². The lowest BCUT2D eigenvalue weighted by Crippen LogP contribution is -2.24. The summed E-state index contributed by atoms with van der Waals surface area (Å²) >= 11 is 0. The summed E-state index contributed by atoms with van der Waals surface area (Å²) in [6, 6.07) is 0. The molecule has 0 rings (SSSR count). The molecule has 0 aliphatic carbocycles. The maximum atomic E-state index is 11.1. The largest absolute Gasteiger partial charge is 0.457 e. The number of rotatable bonds is 1. The summed E-state index contributed by atoms with van der Waals surface area (Å²) in [5.74, 6) is -0.236. The molecule has 0 fully saturated rings. The maximum Gasteiger partial charge on any atom is 0.333 e. The van der Waals surface area contributed by atoms with E-state index in [1.54, 1.807) is 13.0 Å². The fourth-order valence-corrected chi connectivity index (χ4v) is 0.476. The summed E-state index contributed by atoms with van der Waals surface area (Å²) in [5, 5.41) is 0. The first-order valence-electron chi connectivity index (χ1n) is 3.73. The lowest BCUT2D eigenvalue weighted by atomic mass is 10.2. The van der Waals surface area contributed by atoms with Crippen molar-refractivity contribution in [3.63, 3.8) is 0 Å². The van der Waals surface area contributed by atoms with Crippen LogP contribution in [0.3, 0.4) is 0 Å². The van der Waals surface area contributed by atoms with Crippen molar-refractivity contribution in [3.05, 3.63) is 11.6 Å². The van der Waals surface area contributed by atoms with Crippen LogP contribution in [0.25, 0.3) is 0 Å². The Morgan fingerprint density at radius 1 is 1.36 bits per heavy atom. The van der Waals surface area contributed by atoms with E-state index in [2.05, 4.69) is 0 Å². The van der Waals surface area contributed by atoms with Crippen LogP contribution in [0.2, 0.25) is 0 Å². The van der Waals surface area contributed by atoms with E-state index in [0.29, 0.717) is 5.57 Å². The van der Waals surface area contributed by atoms with Crippen LogP contribution in [0.15, 0.2) is 11.6 Å². The molecule has 2 heteroatoms. The molecule has 0 atom stereocenters. The number of carbonyl (C=O) groups excluding carboxylic acids is 1. The fraction of sp³-hybridized carbons (Fsp3) is 0.667. The smallest absolute Gasteiger partial charge is 0.333 e. The fourth-order valence-electron chi connectivity index (χ4n) is 0.476. The maximum absolute atomic E-state index is 11.1. The van der Waals surface area contributed by atoms with Crippen molar-refractivity contribution in [2.75, 3.05) is 0 Å². The quantitative estimate of drug-likeness (QED) is 0.430. The minimum absolute atomic E-state index is 0.236. The van der Waals surface area contributed by atoms with E-state index < -0.39 is 0 Å². The second-order valence-corrected chi connectivity index (χ2v) is 3.47. The molecule has 11 heavy (non-hydrogen) atoms. The van der Waals surface area contributed by atoms with Gasteiger partial charge in [0.1, 0.15) is 5.60 Å². The second-order valence-electron chi connectivity index (χ2n) is 3.47. The second kappa shape index (κ2) is 3.56. The van der Waals surface area contributed by atoms with E-state index in [9.17, 15) is 4.79 Å². The highest BCUT2D eigenvalue weighted by Crippen LogP contribution is 2.09. The number of hydrogen-bond acceptors (Lipinski definition) is 2. The van der Waals surface area contributed by atoms with E-state index in [4.69, 9.17) is 4.74 Å². The van der Waals surface area contributed by atoms with Crippen molar-refractivity contribution < 1.29 is 9.53 Å². The Labute approximate surface area is 68.2 Å². The van der Waals surface area contributed by atoms with E-state index in [1.165, 1.54) is 0 Å². The van der Waals surface area contributed by atoms with Crippen molar-refractivity contribution in [1.82, 2.24) is 0 Å². The summed E-state index contributed by atoms with van der Waals surface area (Å²) < 4.78 is 5.08. The lowest BCUT2D eigenvalue weighted by Gasteiger charge is -2.19. The van der Waals surface area contributed by atoms with Gasteiger partial charge >= 0.3 is 5.97 Å². The zero-order valence-electron chi connectivity index (χ0n) is 7.89. The van der Waals surface area contributed by atoms with Crippen LogP contribution in [0, 0.1) is 0 Å². The Balaban J connectivity index is 4.10. The van der Waals surface area contributed by atoms with Gasteiger partial charge in [0.2, 0.25) is 0 Å². The van der Waals surface area contributed by atoms with Gasteiger partial charge in [-0.25, -0.2) is 4.79 Å². The first-order chi connectivity index (χ1) is 4.87. The zero-order chi connectivity index (χ0) is 9.07. The SMILES string of the molecule is CC=C(C)C(=O)OC(C)(C)C. The predicted molar refractivity (Wildman–Crippen MR) is 45.3 cm³/mol. The number of hydrogen-bond donors (Lipinski definition) is 0. The van der Waals surface area contributed by atoms with Crippen molar-refractivity contribution in [1.29, 1.82) is 0 Å². The van der Waals surface area contributed by atoms with Crippen LogP contribution in [-0.2, 0) is 9.53 Å². The third-order valence-electron chi connectivity index (χ3n) is 1.15. The molecule has 0 N–H and O–H groups in total. The van der Waals surface area contributed by atoms with Gasteiger partial charge in [-0.2, -0.15) is 0 Å². The molecule has 0 bridgehead atoms. The number of carbonyl (C=O) groups is 1. The standard InChI is InChI=1S/C9H16O2/c1-6-7(2)8(10)11-9(3,4)5/h6H,1-5H3. The van der Waals surface area contributed by atoms with Gasteiger partial charge in [0.05, 0.1) is 0 Å². The molecule has 0 saturated heterocycles. The van der Waals surface area contributed by atoms with E-state index in [-0.39, 0.29) is 11.6 Å². The molecular weight excluding hydrogens is 140 g/mol. The third kappa shape index (κ3) is 4.59. The summed E-state index contributed by atoms with van der Waals surface area (Å²) in [6.45, 7) is 9.13. The average molecular weight is 156 g/mol. The minimum Gasteiger partial charge on any atom is -0.457 e. The molecule has 64 valence electrons. The van der Waals surface area contributed by atoms with E-state index in [1.807, 2.05) is 27.7 Å².